The number of allylic oxidation sites excluding steroid dienone is 2. The number of aromatic nitrogens is 1. The van der Waals surface area contributed by atoms with Crippen molar-refractivity contribution in [1.82, 2.24) is 4.57 Å². The van der Waals surface area contributed by atoms with E-state index in [2.05, 4.69) is 4.99 Å². The van der Waals surface area contributed by atoms with Gasteiger partial charge in [0, 0.05) is 17.2 Å². The van der Waals surface area contributed by atoms with Crippen molar-refractivity contribution < 1.29 is 5.11 Å². The van der Waals surface area contributed by atoms with Gasteiger partial charge in [0.05, 0.1) is 17.9 Å². The second-order valence-electron chi connectivity index (χ2n) is 4.07. The summed E-state index contributed by atoms with van der Waals surface area (Å²) in [7, 11) is 0. The van der Waals surface area contributed by atoms with Crippen LogP contribution in [0.15, 0.2) is 47.1 Å². The molecule has 0 unspecified atom stereocenters. The summed E-state index contributed by atoms with van der Waals surface area (Å²) in [5.74, 6) is 0.182. The van der Waals surface area contributed by atoms with E-state index in [1.54, 1.807) is 10.8 Å². The molecule has 0 saturated heterocycles. The number of fused-ring (bicyclic) bond motifs is 1. The standard InChI is InChI=1S/C14H13N3O/c15-9-17-13-6-2-1-5-11(13)12(14(17)18)8-10-4-3-7-16-10/h1-8,18H,9,15H2. The Morgan fingerprint density at radius 3 is 2.89 bits per heavy atom. The fourth-order valence-corrected chi connectivity index (χ4v) is 2.19. The maximum atomic E-state index is 10.2. The summed E-state index contributed by atoms with van der Waals surface area (Å²) in [5, 5.41) is 11.2. The summed E-state index contributed by atoms with van der Waals surface area (Å²) < 4.78 is 1.68. The highest BCUT2D eigenvalue weighted by molar-refractivity contribution is 5.94. The first-order chi connectivity index (χ1) is 8.81. The smallest absolute Gasteiger partial charge is 0.200 e. The number of benzene rings is 1. The first kappa shape index (κ1) is 10.8. The Kier molecular flexibility index (Phi) is 2.50. The number of rotatable bonds is 2. The number of aliphatic imine (C=N–C) groups is 1. The molecule has 1 aliphatic heterocycles. The molecule has 3 rings (SSSR count). The zero-order chi connectivity index (χ0) is 12.5. The zero-order valence-corrected chi connectivity index (χ0v) is 9.74. The molecule has 0 aliphatic carbocycles. The van der Waals surface area contributed by atoms with E-state index in [1.807, 2.05) is 42.5 Å². The Morgan fingerprint density at radius 2 is 2.17 bits per heavy atom. The highest BCUT2D eigenvalue weighted by Gasteiger charge is 2.14. The van der Waals surface area contributed by atoms with Gasteiger partial charge in [0.2, 0.25) is 5.88 Å². The van der Waals surface area contributed by atoms with Gasteiger partial charge >= 0.3 is 0 Å². The van der Waals surface area contributed by atoms with Gasteiger partial charge in [0.1, 0.15) is 0 Å². The minimum absolute atomic E-state index is 0.182. The summed E-state index contributed by atoms with van der Waals surface area (Å²) in [5.41, 5.74) is 8.19. The van der Waals surface area contributed by atoms with Crippen molar-refractivity contribution in [3.8, 4) is 5.88 Å². The topological polar surface area (TPSA) is 63.5 Å². The molecule has 0 spiro atoms. The minimum Gasteiger partial charge on any atom is -0.494 e. The summed E-state index contributed by atoms with van der Waals surface area (Å²) in [4.78, 5) is 4.19. The van der Waals surface area contributed by atoms with Gasteiger partial charge in [-0.05, 0) is 24.3 Å². The lowest BCUT2D eigenvalue weighted by Crippen LogP contribution is -2.05. The molecule has 3 N–H and O–H groups in total. The van der Waals surface area contributed by atoms with Crippen molar-refractivity contribution in [2.24, 2.45) is 10.7 Å². The predicted octanol–water partition coefficient (Wildman–Crippen LogP) is 2.24. The Balaban J connectivity index is 2.28. The predicted molar refractivity (Wildman–Crippen MR) is 73.4 cm³/mol. The van der Waals surface area contributed by atoms with Gasteiger partial charge in [-0.2, -0.15) is 0 Å². The van der Waals surface area contributed by atoms with Crippen molar-refractivity contribution in [2.75, 3.05) is 0 Å². The summed E-state index contributed by atoms with van der Waals surface area (Å²) in [6.45, 7) is 0.245. The van der Waals surface area contributed by atoms with E-state index in [4.69, 9.17) is 5.73 Å². The largest absolute Gasteiger partial charge is 0.494 e. The van der Waals surface area contributed by atoms with Crippen LogP contribution in [-0.4, -0.2) is 15.9 Å². The Morgan fingerprint density at radius 1 is 1.33 bits per heavy atom. The van der Waals surface area contributed by atoms with E-state index in [9.17, 15) is 5.11 Å². The van der Waals surface area contributed by atoms with Gasteiger partial charge in [-0.15, -0.1) is 0 Å². The molecular weight excluding hydrogens is 226 g/mol. The van der Waals surface area contributed by atoms with E-state index < -0.39 is 0 Å². The lowest BCUT2D eigenvalue weighted by atomic mass is 10.1. The molecule has 1 aromatic heterocycles. The van der Waals surface area contributed by atoms with Crippen molar-refractivity contribution in [3.05, 3.63) is 47.7 Å². The third-order valence-corrected chi connectivity index (χ3v) is 3.03. The quantitative estimate of drug-likeness (QED) is 0.844. The van der Waals surface area contributed by atoms with Gasteiger partial charge in [-0.3, -0.25) is 9.56 Å². The second-order valence-corrected chi connectivity index (χ2v) is 4.07. The number of aromatic hydroxyl groups is 1. The lowest BCUT2D eigenvalue weighted by molar-refractivity contribution is 0.422. The minimum atomic E-state index is 0.182. The fourth-order valence-electron chi connectivity index (χ4n) is 2.19. The van der Waals surface area contributed by atoms with Crippen LogP contribution >= 0.6 is 0 Å². The van der Waals surface area contributed by atoms with Crippen LogP contribution in [0.4, 0.5) is 0 Å². The number of nitrogens with zero attached hydrogens (tertiary/aromatic N) is 2. The molecule has 0 fully saturated rings. The molecule has 0 radical (unpaired) electrons. The lowest BCUT2D eigenvalue weighted by Gasteiger charge is -2.01. The molecule has 2 heterocycles. The maximum Gasteiger partial charge on any atom is 0.200 e. The summed E-state index contributed by atoms with van der Waals surface area (Å²) in [6, 6.07) is 7.78. The van der Waals surface area contributed by atoms with E-state index in [0.29, 0.717) is 0 Å². The molecule has 90 valence electrons. The second kappa shape index (κ2) is 4.16. The number of hydrogen-bond acceptors (Lipinski definition) is 3. The van der Waals surface area contributed by atoms with Crippen molar-refractivity contribution in [2.45, 2.75) is 6.67 Å². The third-order valence-electron chi connectivity index (χ3n) is 3.03. The number of nitrogens with two attached hydrogens (primary N) is 1. The van der Waals surface area contributed by atoms with Gasteiger partial charge in [0.15, 0.2) is 0 Å². The Hall–Kier alpha value is -2.33. The van der Waals surface area contributed by atoms with Crippen LogP contribution in [0.2, 0.25) is 0 Å². The van der Waals surface area contributed by atoms with E-state index in [0.717, 1.165) is 22.2 Å². The molecule has 1 aromatic carbocycles. The molecule has 2 aromatic rings. The first-order valence-corrected chi connectivity index (χ1v) is 5.74. The molecule has 0 bridgehead atoms. The monoisotopic (exact) mass is 239 g/mol. The van der Waals surface area contributed by atoms with Crippen molar-refractivity contribution >= 4 is 23.2 Å². The highest BCUT2D eigenvalue weighted by atomic mass is 16.3. The first-order valence-electron chi connectivity index (χ1n) is 5.74. The van der Waals surface area contributed by atoms with Gasteiger partial charge < -0.3 is 10.8 Å². The molecule has 0 saturated carbocycles. The van der Waals surface area contributed by atoms with Gasteiger partial charge in [-0.25, -0.2) is 0 Å². The van der Waals surface area contributed by atoms with Crippen molar-refractivity contribution in [3.63, 3.8) is 0 Å². The molecule has 1 aliphatic rings. The molecule has 0 amide bonds. The van der Waals surface area contributed by atoms with Crippen LogP contribution in [0.1, 0.15) is 5.56 Å². The molecule has 4 nitrogen and oxygen atoms in total. The maximum absolute atomic E-state index is 10.2. The molecular formula is C14H13N3O. The molecule has 0 atom stereocenters. The SMILES string of the molecule is NCn1c(O)c(C=C2C=CC=N2)c2ccccc21. The fraction of sp³-hybridized carbons (Fsp3) is 0.0714. The van der Waals surface area contributed by atoms with Crippen LogP contribution in [0.5, 0.6) is 5.88 Å². The number of hydrogen-bond donors (Lipinski definition) is 2. The van der Waals surface area contributed by atoms with E-state index in [-0.39, 0.29) is 12.5 Å². The summed E-state index contributed by atoms with van der Waals surface area (Å²) >= 11 is 0. The van der Waals surface area contributed by atoms with Gasteiger partial charge in [-0.1, -0.05) is 18.2 Å². The van der Waals surface area contributed by atoms with Gasteiger partial charge in [0.25, 0.3) is 0 Å². The van der Waals surface area contributed by atoms with Crippen LogP contribution in [0.25, 0.3) is 17.0 Å². The number of para-hydroxylation sites is 1. The average Bonchev–Trinajstić information content (AvgIpc) is 2.98. The average molecular weight is 239 g/mol. The van der Waals surface area contributed by atoms with Crippen molar-refractivity contribution in [1.29, 1.82) is 0 Å². The normalized spacial score (nSPS) is 16.2. The van der Waals surface area contributed by atoms with Crippen LogP contribution in [0, 0.1) is 0 Å². The van der Waals surface area contributed by atoms with Crippen LogP contribution in [-0.2, 0) is 6.67 Å². The Labute approximate surface area is 104 Å². The molecule has 4 heteroatoms. The molecule has 18 heavy (non-hydrogen) atoms. The highest BCUT2D eigenvalue weighted by Crippen LogP contribution is 2.33. The third kappa shape index (κ3) is 1.55. The zero-order valence-electron chi connectivity index (χ0n) is 9.74. The van der Waals surface area contributed by atoms with E-state index in [1.165, 1.54) is 0 Å². The van der Waals surface area contributed by atoms with Crippen LogP contribution < -0.4 is 5.73 Å². The Bertz CT molecular complexity index is 678. The van der Waals surface area contributed by atoms with E-state index >= 15 is 0 Å². The summed E-state index contributed by atoms with van der Waals surface area (Å²) in [6.07, 6.45) is 7.35. The van der Waals surface area contributed by atoms with Crippen LogP contribution in [0.3, 0.4) is 0 Å².